The van der Waals surface area contributed by atoms with E-state index in [1.54, 1.807) is 14.5 Å². The number of allylic oxidation sites excluding steroid dienone is 4. The van der Waals surface area contributed by atoms with Gasteiger partial charge >= 0.3 is 84.5 Å². The van der Waals surface area contributed by atoms with Gasteiger partial charge < -0.3 is 24.8 Å². The van der Waals surface area contributed by atoms with E-state index in [1.165, 1.54) is 29.9 Å². The average molecular weight is 385 g/mol. The molecular weight excluding hydrogens is 370 g/mol. The van der Waals surface area contributed by atoms with E-state index >= 15 is 0 Å². The third-order valence-electron chi connectivity index (χ3n) is 3.06. The molecule has 0 heterocycles. The van der Waals surface area contributed by atoms with Gasteiger partial charge in [-0.2, -0.15) is 0 Å². The summed E-state index contributed by atoms with van der Waals surface area (Å²) in [7, 11) is 0. The maximum Gasteiger partial charge on any atom is -1.00 e. The molecule has 13 heavy (non-hydrogen) atoms. The van der Waals surface area contributed by atoms with Crippen LogP contribution in [0.2, 0.25) is 0 Å². The predicted octanol–water partition coefficient (Wildman–Crippen LogP) is -2.81. The third-order valence-corrected chi connectivity index (χ3v) is 6.66. The van der Waals surface area contributed by atoms with E-state index in [9.17, 15) is 0 Å². The maximum atomic E-state index is 2.34. The van der Waals surface area contributed by atoms with Gasteiger partial charge in [0.2, 0.25) is 0 Å². The van der Waals surface area contributed by atoms with Crippen molar-refractivity contribution in [2.45, 2.75) is 34.6 Å². The Balaban J connectivity index is 0. The van der Waals surface area contributed by atoms with Crippen LogP contribution in [0, 0.1) is 5.41 Å². The van der Waals surface area contributed by atoms with E-state index in [2.05, 4.69) is 34.6 Å². The van der Waals surface area contributed by atoms with E-state index < -0.39 is 0 Å². The Morgan fingerprint density at radius 2 is 1.31 bits per heavy atom. The monoisotopic (exact) mass is 385 g/mol. The summed E-state index contributed by atoms with van der Waals surface area (Å²) in [6.45, 7) is 11.5. The minimum atomic E-state index is 0. The molecule has 0 aromatic rings. The van der Waals surface area contributed by atoms with Gasteiger partial charge in [0, 0.05) is 0 Å². The zero-order valence-electron chi connectivity index (χ0n) is 8.76. The van der Waals surface area contributed by atoms with E-state index in [1.807, 2.05) is 0 Å². The van der Waals surface area contributed by atoms with Crippen LogP contribution in [0.4, 0.5) is 0 Å². The molecule has 0 N–H and O–H groups in total. The number of hydrogen-bond acceptors (Lipinski definition) is 0. The first-order valence-corrected chi connectivity index (χ1v) is 5.80. The van der Waals surface area contributed by atoms with Gasteiger partial charge in [0.15, 0.2) is 0 Å². The van der Waals surface area contributed by atoms with Crippen molar-refractivity contribution in [1.82, 2.24) is 0 Å². The molecule has 0 aromatic heterocycles. The molecule has 0 saturated heterocycles. The Kier molecular flexibility index (Phi) is 6.46. The van der Waals surface area contributed by atoms with Crippen molar-refractivity contribution in [2.24, 2.45) is 5.41 Å². The maximum absolute atomic E-state index is 2.34. The third kappa shape index (κ3) is 2.49. The fourth-order valence-corrected chi connectivity index (χ4v) is 2.94. The summed E-state index contributed by atoms with van der Waals surface area (Å²) in [4.78, 5) is 0. The molecule has 1 rings (SSSR count). The molecule has 0 bridgehead atoms. The normalized spacial score (nSPS) is 19.9. The standard InChI is InChI=1S/C10H15.2ClH.Hf/c1-7-6-10(4,5)9(3)8(7)2;;;/h1-5H3;2*1H;/q;;;+2/p-2. The number of halogens is 2. The van der Waals surface area contributed by atoms with Crippen molar-refractivity contribution in [3.8, 4) is 0 Å². The Bertz CT molecular complexity index is 236. The molecular formula is C10H15Cl2Hf. The minimum Gasteiger partial charge on any atom is -1.00 e. The molecule has 0 atom stereocenters. The summed E-state index contributed by atoms with van der Waals surface area (Å²) in [6.07, 6.45) is 0. The van der Waals surface area contributed by atoms with Crippen LogP contribution in [0.15, 0.2) is 20.0 Å². The Morgan fingerprint density at radius 3 is 1.38 bits per heavy atom. The van der Waals surface area contributed by atoms with Crippen LogP contribution in [-0.2, 0) is 24.4 Å². The van der Waals surface area contributed by atoms with E-state index in [-0.39, 0.29) is 24.8 Å². The van der Waals surface area contributed by atoms with Crippen LogP contribution in [0.1, 0.15) is 34.6 Å². The fourth-order valence-electron chi connectivity index (χ4n) is 1.59. The summed E-state index contributed by atoms with van der Waals surface area (Å²) < 4.78 is 1.67. The SMILES string of the molecule is CC1=C(C)C(C)(C)[C]([Hf+2])=C1C.[Cl-].[Cl-]. The zero-order valence-corrected chi connectivity index (χ0v) is 13.9. The smallest absolute Gasteiger partial charge is 1.00 e. The zero-order chi connectivity index (χ0) is 8.81. The largest absolute Gasteiger partial charge is 1.00 e. The molecule has 73 valence electrons. The van der Waals surface area contributed by atoms with Gasteiger partial charge in [0.1, 0.15) is 0 Å². The molecule has 1 aliphatic rings. The van der Waals surface area contributed by atoms with E-state index in [4.69, 9.17) is 0 Å². The molecule has 0 nitrogen and oxygen atoms in total. The molecule has 1 aliphatic carbocycles. The topological polar surface area (TPSA) is 0 Å². The van der Waals surface area contributed by atoms with Crippen molar-refractivity contribution in [3.63, 3.8) is 0 Å². The quantitative estimate of drug-likeness (QED) is 0.396. The minimum absolute atomic E-state index is 0. The summed E-state index contributed by atoms with van der Waals surface area (Å²) >= 11 is 1.21. The molecule has 0 saturated carbocycles. The van der Waals surface area contributed by atoms with Gasteiger partial charge in [-0.3, -0.25) is 0 Å². The van der Waals surface area contributed by atoms with Gasteiger partial charge in [-0.15, -0.1) is 0 Å². The van der Waals surface area contributed by atoms with Gasteiger partial charge in [-0.1, -0.05) is 0 Å². The first-order chi connectivity index (χ1) is 4.89. The van der Waals surface area contributed by atoms with Crippen molar-refractivity contribution < 1.29 is 49.2 Å². The Morgan fingerprint density at radius 1 is 0.923 bits per heavy atom. The van der Waals surface area contributed by atoms with Gasteiger partial charge in [0.25, 0.3) is 0 Å². The van der Waals surface area contributed by atoms with Crippen molar-refractivity contribution >= 4 is 0 Å². The molecule has 0 amide bonds. The second-order valence-corrected chi connectivity index (χ2v) is 5.67. The Hall–Kier alpha value is 0.930. The van der Waals surface area contributed by atoms with Crippen molar-refractivity contribution in [2.75, 3.05) is 0 Å². The molecule has 0 radical (unpaired) electrons. The van der Waals surface area contributed by atoms with Gasteiger partial charge in [-0.25, -0.2) is 0 Å². The average Bonchev–Trinajstić information content (AvgIpc) is 2.06. The first kappa shape index (κ1) is 16.4. The second-order valence-electron chi connectivity index (χ2n) is 3.88. The van der Waals surface area contributed by atoms with Crippen LogP contribution in [0.5, 0.6) is 0 Å². The molecule has 0 aromatic carbocycles. The van der Waals surface area contributed by atoms with Crippen molar-refractivity contribution in [3.05, 3.63) is 20.0 Å². The summed E-state index contributed by atoms with van der Waals surface area (Å²) in [5, 5.41) is 0. The Labute approximate surface area is 109 Å². The summed E-state index contributed by atoms with van der Waals surface area (Å²) in [5.41, 5.74) is 5.03. The second kappa shape index (κ2) is 5.14. The molecule has 3 heteroatoms. The van der Waals surface area contributed by atoms with Crippen molar-refractivity contribution in [1.29, 1.82) is 0 Å². The van der Waals surface area contributed by atoms with E-state index in [0.717, 1.165) is 0 Å². The van der Waals surface area contributed by atoms with Crippen LogP contribution in [0.25, 0.3) is 0 Å². The predicted molar refractivity (Wildman–Crippen MR) is 44.9 cm³/mol. The van der Waals surface area contributed by atoms with Gasteiger partial charge in [-0.05, 0) is 0 Å². The summed E-state index contributed by atoms with van der Waals surface area (Å²) in [6, 6.07) is 0. The van der Waals surface area contributed by atoms with Crippen LogP contribution in [-0.4, -0.2) is 0 Å². The number of rotatable bonds is 0. The summed E-state index contributed by atoms with van der Waals surface area (Å²) in [5.74, 6) is 0. The molecule has 0 spiro atoms. The van der Waals surface area contributed by atoms with Crippen LogP contribution in [0.3, 0.4) is 0 Å². The van der Waals surface area contributed by atoms with Crippen LogP contribution < -0.4 is 24.8 Å². The van der Waals surface area contributed by atoms with E-state index in [0.29, 0.717) is 5.41 Å². The van der Waals surface area contributed by atoms with Gasteiger partial charge in [0.05, 0.1) is 0 Å². The molecule has 0 unspecified atom stereocenters. The molecule has 0 aliphatic heterocycles. The number of hydrogen-bond donors (Lipinski definition) is 0. The molecule has 0 fully saturated rings. The van der Waals surface area contributed by atoms with Crippen LogP contribution >= 0.6 is 0 Å². The fraction of sp³-hybridized carbons (Fsp3) is 0.600. The first-order valence-electron chi connectivity index (χ1n) is 4.00.